The molecule has 1 aliphatic heterocycles. The van der Waals surface area contributed by atoms with Gasteiger partial charge in [0.15, 0.2) is 0 Å². The lowest BCUT2D eigenvalue weighted by Crippen LogP contribution is -2.45. The van der Waals surface area contributed by atoms with Gasteiger partial charge in [-0.3, -0.25) is 24.3 Å². The van der Waals surface area contributed by atoms with E-state index >= 15 is 0 Å². The molecule has 1 N–H and O–H groups in total. The maximum Gasteiger partial charge on any atom is 0.311 e. The second-order valence-corrected chi connectivity index (χ2v) is 4.89. The lowest BCUT2D eigenvalue weighted by Gasteiger charge is -2.30. The number of hydrogen-bond donors (Lipinski definition) is 1. The standard InChI is InChI=1S/C14H16N2O4/c1-3-14(4-2,13(19)20)8-16-11(17)9-6-5-7-15-10(9)12(16)18/h5-7H,3-4,8H2,1-2H3,(H,19,20). The van der Waals surface area contributed by atoms with Crippen molar-refractivity contribution in [2.75, 3.05) is 6.54 Å². The van der Waals surface area contributed by atoms with E-state index in [1.165, 1.54) is 12.3 Å². The van der Waals surface area contributed by atoms with Gasteiger partial charge in [-0.25, -0.2) is 0 Å². The Morgan fingerprint density at radius 1 is 1.30 bits per heavy atom. The molecule has 0 aliphatic carbocycles. The Bertz CT molecular complexity index is 543. The van der Waals surface area contributed by atoms with E-state index in [1.54, 1.807) is 19.9 Å². The first-order valence-electron chi connectivity index (χ1n) is 6.51. The molecule has 0 saturated carbocycles. The van der Waals surface area contributed by atoms with E-state index in [-0.39, 0.29) is 17.8 Å². The van der Waals surface area contributed by atoms with Gasteiger partial charge < -0.3 is 5.11 Å². The minimum absolute atomic E-state index is 0.101. The molecule has 1 aromatic heterocycles. The van der Waals surface area contributed by atoms with Crippen LogP contribution >= 0.6 is 0 Å². The van der Waals surface area contributed by atoms with Crippen LogP contribution < -0.4 is 0 Å². The highest BCUT2D eigenvalue weighted by Gasteiger charge is 2.44. The minimum atomic E-state index is -1.10. The third-order valence-electron chi connectivity index (χ3n) is 4.00. The van der Waals surface area contributed by atoms with Crippen LogP contribution in [0.5, 0.6) is 0 Å². The average molecular weight is 276 g/mol. The lowest BCUT2D eigenvalue weighted by atomic mass is 9.82. The predicted octanol–water partition coefficient (Wildman–Crippen LogP) is 1.57. The van der Waals surface area contributed by atoms with Crippen molar-refractivity contribution in [1.82, 2.24) is 9.88 Å². The summed E-state index contributed by atoms with van der Waals surface area (Å²) in [5.41, 5.74) is -0.763. The number of fused-ring (bicyclic) bond motifs is 1. The zero-order valence-corrected chi connectivity index (χ0v) is 11.4. The fraction of sp³-hybridized carbons (Fsp3) is 0.429. The maximum absolute atomic E-state index is 12.2. The van der Waals surface area contributed by atoms with E-state index in [0.29, 0.717) is 12.8 Å². The van der Waals surface area contributed by atoms with Crippen LogP contribution in [0.1, 0.15) is 47.5 Å². The fourth-order valence-corrected chi connectivity index (χ4v) is 2.40. The summed E-state index contributed by atoms with van der Waals surface area (Å²) in [5.74, 6) is -1.98. The molecule has 2 heterocycles. The molecule has 0 spiro atoms. The molecule has 0 radical (unpaired) electrons. The second-order valence-electron chi connectivity index (χ2n) is 4.89. The van der Waals surface area contributed by atoms with Crippen LogP contribution in [-0.4, -0.2) is 39.3 Å². The number of nitrogens with zero attached hydrogens (tertiary/aromatic N) is 2. The smallest absolute Gasteiger partial charge is 0.311 e. The van der Waals surface area contributed by atoms with Crippen molar-refractivity contribution in [3.63, 3.8) is 0 Å². The monoisotopic (exact) mass is 276 g/mol. The molecular formula is C14H16N2O4. The van der Waals surface area contributed by atoms with Crippen LogP contribution in [-0.2, 0) is 4.79 Å². The van der Waals surface area contributed by atoms with Crippen molar-refractivity contribution in [2.24, 2.45) is 5.41 Å². The molecule has 0 atom stereocenters. The molecule has 106 valence electrons. The Morgan fingerprint density at radius 3 is 2.45 bits per heavy atom. The molecule has 1 aliphatic rings. The third kappa shape index (κ3) is 1.97. The van der Waals surface area contributed by atoms with E-state index in [1.807, 2.05) is 0 Å². The Labute approximate surface area is 116 Å². The second kappa shape index (κ2) is 5.03. The highest BCUT2D eigenvalue weighted by Crippen LogP contribution is 2.31. The average Bonchev–Trinajstić information content (AvgIpc) is 2.69. The molecule has 6 nitrogen and oxygen atoms in total. The van der Waals surface area contributed by atoms with Gasteiger partial charge in [-0.15, -0.1) is 0 Å². The van der Waals surface area contributed by atoms with E-state index in [0.717, 1.165) is 4.90 Å². The summed E-state index contributed by atoms with van der Waals surface area (Å²) in [4.78, 5) is 40.8. The van der Waals surface area contributed by atoms with Crippen molar-refractivity contribution in [2.45, 2.75) is 26.7 Å². The first-order chi connectivity index (χ1) is 9.46. The number of pyridine rings is 1. The summed E-state index contributed by atoms with van der Waals surface area (Å²) in [5, 5.41) is 9.41. The van der Waals surface area contributed by atoms with Gasteiger partial charge in [0.2, 0.25) is 0 Å². The van der Waals surface area contributed by atoms with Crippen LogP contribution in [0.3, 0.4) is 0 Å². The summed E-state index contributed by atoms with van der Waals surface area (Å²) >= 11 is 0. The molecule has 2 amide bonds. The SMILES string of the molecule is CCC(CC)(CN1C(=O)c2cccnc2C1=O)C(=O)O. The molecule has 0 bridgehead atoms. The van der Waals surface area contributed by atoms with Crippen LogP contribution in [0.15, 0.2) is 18.3 Å². The number of rotatable bonds is 5. The summed E-state index contributed by atoms with van der Waals surface area (Å²) < 4.78 is 0. The number of amides is 2. The van der Waals surface area contributed by atoms with E-state index in [2.05, 4.69) is 4.98 Å². The zero-order chi connectivity index (χ0) is 14.9. The van der Waals surface area contributed by atoms with Crippen molar-refractivity contribution < 1.29 is 19.5 Å². The summed E-state index contributed by atoms with van der Waals surface area (Å²) in [6, 6.07) is 3.11. The Kier molecular flexibility index (Phi) is 3.57. The number of aliphatic carboxylic acids is 1. The summed E-state index contributed by atoms with van der Waals surface area (Å²) in [7, 11) is 0. The van der Waals surface area contributed by atoms with Crippen molar-refractivity contribution in [3.05, 3.63) is 29.6 Å². The van der Waals surface area contributed by atoms with Gasteiger partial charge in [-0.05, 0) is 25.0 Å². The van der Waals surface area contributed by atoms with Gasteiger partial charge in [0.1, 0.15) is 5.69 Å². The topological polar surface area (TPSA) is 87.6 Å². The molecule has 6 heteroatoms. The Balaban J connectivity index is 2.35. The zero-order valence-electron chi connectivity index (χ0n) is 11.4. The molecule has 0 aromatic carbocycles. The first-order valence-corrected chi connectivity index (χ1v) is 6.51. The van der Waals surface area contributed by atoms with E-state index in [4.69, 9.17) is 0 Å². The third-order valence-corrected chi connectivity index (χ3v) is 4.00. The number of imide groups is 1. The molecule has 0 fully saturated rings. The van der Waals surface area contributed by atoms with Crippen LogP contribution in [0.25, 0.3) is 0 Å². The number of carbonyl (C=O) groups excluding carboxylic acids is 2. The summed E-state index contributed by atoms with van der Waals surface area (Å²) in [6.45, 7) is 3.37. The van der Waals surface area contributed by atoms with E-state index in [9.17, 15) is 19.5 Å². The Morgan fingerprint density at radius 2 is 1.95 bits per heavy atom. The van der Waals surface area contributed by atoms with Crippen molar-refractivity contribution in [3.8, 4) is 0 Å². The van der Waals surface area contributed by atoms with Gasteiger partial charge in [-0.2, -0.15) is 0 Å². The van der Waals surface area contributed by atoms with E-state index < -0.39 is 23.2 Å². The number of carboxylic acid groups (broad SMARTS) is 1. The molecule has 20 heavy (non-hydrogen) atoms. The summed E-state index contributed by atoms with van der Waals surface area (Å²) in [6.07, 6.45) is 2.14. The molecule has 2 rings (SSSR count). The Hall–Kier alpha value is -2.24. The van der Waals surface area contributed by atoms with Gasteiger partial charge in [-0.1, -0.05) is 13.8 Å². The number of carbonyl (C=O) groups is 3. The quantitative estimate of drug-likeness (QED) is 0.825. The largest absolute Gasteiger partial charge is 0.481 e. The first kappa shape index (κ1) is 14.2. The fourth-order valence-electron chi connectivity index (χ4n) is 2.40. The van der Waals surface area contributed by atoms with Crippen LogP contribution in [0.2, 0.25) is 0 Å². The van der Waals surface area contributed by atoms with Gasteiger partial charge in [0.05, 0.1) is 11.0 Å². The number of aromatic nitrogens is 1. The highest BCUT2D eigenvalue weighted by molar-refractivity contribution is 6.20. The predicted molar refractivity (Wildman–Crippen MR) is 70.3 cm³/mol. The number of hydrogen-bond acceptors (Lipinski definition) is 4. The van der Waals surface area contributed by atoms with Crippen molar-refractivity contribution in [1.29, 1.82) is 0 Å². The molecule has 0 saturated heterocycles. The van der Waals surface area contributed by atoms with Gasteiger partial charge in [0.25, 0.3) is 11.8 Å². The maximum atomic E-state index is 12.2. The molecule has 0 unspecified atom stereocenters. The molecule has 1 aromatic rings. The molecular weight excluding hydrogens is 260 g/mol. The lowest BCUT2D eigenvalue weighted by molar-refractivity contribution is -0.149. The number of carboxylic acids is 1. The normalized spacial score (nSPS) is 14.6. The van der Waals surface area contributed by atoms with Crippen LogP contribution in [0, 0.1) is 5.41 Å². The van der Waals surface area contributed by atoms with Crippen LogP contribution in [0.4, 0.5) is 0 Å². The van der Waals surface area contributed by atoms with Crippen molar-refractivity contribution >= 4 is 17.8 Å². The van der Waals surface area contributed by atoms with Gasteiger partial charge >= 0.3 is 5.97 Å². The highest BCUT2D eigenvalue weighted by atomic mass is 16.4. The minimum Gasteiger partial charge on any atom is -0.481 e. The van der Waals surface area contributed by atoms with Gasteiger partial charge in [0, 0.05) is 12.7 Å².